The van der Waals surface area contributed by atoms with E-state index in [0.29, 0.717) is 0 Å². The predicted octanol–water partition coefficient (Wildman–Crippen LogP) is 1.93. The van der Waals surface area contributed by atoms with E-state index in [2.05, 4.69) is 20.1 Å². The van der Waals surface area contributed by atoms with Crippen LogP contribution >= 0.6 is 0 Å². The summed E-state index contributed by atoms with van der Waals surface area (Å²) in [6.45, 7) is 4.24. The van der Waals surface area contributed by atoms with Gasteiger partial charge in [0.15, 0.2) is 0 Å². The Balaban J connectivity index is 2.16. The summed E-state index contributed by atoms with van der Waals surface area (Å²) in [7, 11) is 0. The van der Waals surface area contributed by atoms with Crippen LogP contribution in [-0.4, -0.2) is 28.3 Å². The summed E-state index contributed by atoms with van der Waals surface area (Å²) in [6.07, 6.45) is 6.24. The molecule has 1 saturated heterocycles. The summed E-state index contributed by atoms with van der Waals surface area (Å²) in [5.41, 5.74) is 4.12. The lowest BCUT2D eigenvalue weighted by atomic mass is 10.2. The second-order valence-corrected chi connectivity index (χ2v) is 4.30. The molecule has 4 heteroatoms. The maximum absolute atomic E-state index is 4.48. The van der Waals surface area contributed by atoms with Crippen LogP contribution in [0, 0.1) is 6.92 Å². The molecule has 0 saturated carbocycles. The third-order valence-electron chi connectivity index (χ3n) is 3.04. The Kier molecular flexibility index (Phi) is 2.20. The molecule has 1 aliphatic heterocycles. The molecule has 4 nitrogen and oxygen atoms in total. The maximum Gasteiger partial charge on any atom is 0.115 e. The molecule has 1 aliphatic rings. The number of hydrogen-bond acceptors (Lipinski definition) is 4. The van der Waals surface area contributed by atoms with Crippen LogP contribution in [0.4, 0.5) is 5.69 Å². The molecule has 0 unspecified atom stereocenters. The molecule has 2 aromatic heterocycles. The Morgan fingerprint density at radius 3 is 2.81 bits per heavy atom. The SMILES string of the molecule is Cc1cnc2c(N3CCCC3)cnnc2c1. The van der Waals surface area contributed by atoms with Gasteiger partial charge in [-0.3, -0.25) is 4.98 Å². The third-order valence-corrected chi connectivity index (χ3v) is 3.04. The second kappa shape index (κ2) is 3.70. The van der Waals surface area contributed by atoms with Gasteiger partial charge in [-0.15, -0.1) is 5.10 Å². The van der Waals surface area contributed by atoms with Crippen molar-refractivity contribution in [2.24, 2.45) is 0 Å². The number of fused-ring (bicyclic) bond motifs is 1. The van der Waals surface area contributed by atoms with Gasteiger partial charge in [0.05, 0.1) is 11.9 Å². The zero-order valence-electron chi connectivity index (χ0n) is 9.35. The van der Waals surface area contributed by atoms with E-state index in [4.69, 9.17) is 0 Å². The minimum Gasteiger partial charge on any atom is -0.368 e. The molecule has 0 aromatic carbocycles. The number of rotatable bonds is 1. The highest BCUT2D eigenvalue weighted by Crippen LogP contribution is 2.25. The van der Waals surface area contributed by atoms with Gasteiger partial charge in [-0.2, -0.15) is 5.10 Å². The van der Waals surface area contributed by atoms with E-state index in [1.54, 1.807) is 0 Å². The molecular weight excluding hydrogens is 200 g/mol. The Hall–Kier alpha value is -1.71. The topological polar surface area (TPSA) is 41.9 Å². The van der Waals surface area contributed by atoms with Crippen LogP contribution in [0.5, 0.6) is 0 Å². The number of aryl methyl sites for hydroxylation is 1. The number of aromatic nitrogens is 3. The lowest BCUT2D eigenvalue weighted by Crippen LogP contribution is -2.18. The van der Waals surface area contributed by atoms with Gasteiger partial charge >= 0.3 is 0 Å². The summed E-state index contributed by atoms with van der Waals surface area (Å²) in [5, 5.41) is 8.20. The van der Waals surface area contributed by atoms with E-state index in [1.807, 2.05) is 25.4 Å². The number of anilines is 1. The average molecular weight is 214 g/mol. The second-order valence-electron chi connectivity index (χ2n) is 4.30. The van der Waals surface area contributed by atoms with Gasteiger partial charge < -0.3 is 4.90 Å². The van der Waals surface area contributed by atoms with Crippen molar-refractivity contribution in [3.8, 4) is 0 Å². The summed E-state index contributed by atoms with van der Waals surface area (Å²) >= 11 is 0. The maximum atomic E-state index is 4.48. The molecule has 1 fully saturated rings. The molecule has 82 valence electrons. The van der Waals surface area contributed by atoms with Crippen molar-refractivity contribution in [2.75, 3.05) is 18.0 Å². The molecule has 2 aromatic rings. The van der Waals surface area contributed by atoms with E-state index in [-0.39, 0.29) is 0 Å². The molecule has 0 atom stereocenters. The zero-order valence-corrected chi connectivity index (χ0v) is 9.35. The van der Waals surface area contributed by atoms with Crippen LogP contribution in [-0.2, 0) is 0 Å². The monoisotopic (exact) mass is 214 g/mol. The van der Waals surface area contributed by atoms with Crippen molar-refractivity contribution in [2.45, 2.75) is 19.8 Å². The standard InChI is InChI=1S/C12H14N4/c1-9-6-10-12(13-7-9)11(8-14-15-10)16-4-2-3-5-16/h6-8H,2-5H2,1H3. The Labute approximate surface area is 94.3 Å². The highest BCUT2D eigenvalue weighted by molar-refractivity contribution is 5.87. The molecule has 3 rings (SSSR count). The minimum atomic E-state index is 0.893. The fraction of sp³-hybridized carbons (Fsp3) is 0.417. The third kappa shape index (κ3) is 1.50. The van der Waals surface area contributed by atoms with Crippen LogP contribution in [0.2, 0.25) is 0 Å². The lowest BCUT2D eigenvalue weighted by Gasteiger charge is -2.17. The molecular formula is C12H14N4. The van der Waals surface area contributed by atoms with Crippen LogP contribution in [0.25, 0.3) is 11.0 Å². The lowest BCUT2D eigenvalue weighted by molar-refractivity contribution is 0.949. The fourth-order valence-electron chi connectivity index (χ4n) is 2.22. The molecule has 0 bridgehead atoms. The van der Waals surface area contributed by atoms with E-state index in [0.717, 1.165) is 35.4 Å². The van der Waals surface area contributed by atoms with Crippen LogP contribution in [0.15, 0.2) is 18.5 Å². The summed E-state index contributed by atoms with van der Waals surface area (Å²) in [5.74, 6) is 0. The van der Waals surface area contributed by atoms with Crippen LogP contribution in [0.1, 0.15) is 18.4 Å². The van der Waals surface area contributed by atoms with Gasteiger partial charge in [-0.25, -0.2) is 0 Å². The van der Waals surface area contributed by atoms with Crippen molar-refractivity contribution in [1.82, 2.24) is 15.2 Å². The molecule has 16 heavy (non-hydrogen) atoms. The Morgan fingerprint density at radius 2 is 2.00 bits per heavy atom. The zero-order chi connectivity index (χ0) is 11.0. The number of hydrogen-bond donors (Lipinski definition) is 0. The number of nitrogens with zero attached hydrogens (tertiary/aromatic N) is 4. The first-order chi connectivity index (χ1) is 7.84. The highest BCUT2D eigenvalue weighted by Gasteiger charge is 2.16. The number of pyridine rings is 1. The van der Waals surface area contributed by atoms with Crippen molar-refractivity contribution in [3.05, 3.63) is 24.0 Å². The van der Waals surface area contributed by atoms with Gasteiger partial charge in [0.2, 0.25) is 0 Å². The quantitative estimate of drug-likeness (QED) is 0.727. The van der Waals surface area contributed by atoms with Gasteiger partial charge in [0.25, 0.3) is 0 Å². The van der Waals surface area contributed by atoms with Gasteiger partial charge in [0.1, 0.15) is 11.0 Å². The fourth-order valence-corrected chi connectivity index (χ4v) is 2.22. The van der Waals surface area contributed by atoms with Crippen LogP contribution in [0.3, 0.4) is 0 Å². The Morgan fingerprint density at radius 1 is 1.19 bits per heavy atom. The van der Waals surface area contributed by atoms with E-state index in [9.17, 15) is 0 Å². The molecule has 0 radical (unpaired) electrons. The summed E-state index contributed by atoms with van der Waals surface area (Å²) in [4.78, 5) is 6.83. The molecule has 0 aliphatic carbocycles. The van der Waals surface area contributed by atoms with Gasteiger partial charge in [0, 0.05) is 19.3 Å². The van der Waals surface area contributed by atoms with Crippen molar-refractivity contribution >= 4 is 16.7 Å². The normalized spacial score (nSPS) is 15.9. The van der Waals surface area contributed by atoms with Crippen molar-refractivity contribution < 1.29 is 0 Å². The van der Waals surface area contributed by atoms with Crippen LogP contribution < -0.4 is 4.90 Å². The smallest absolute Gasteiger partial charge is 0.115 e. The minimum absolute atomic E-state index is 0.893. The average Bonchev–Trinajstić information content (AvgIpc) is 2.81. The first-order valence-corrected chi connectivity index (χ1v) is 5.67. The molecule has 0 N–H and O–H groups in total. The van der Waals surface area contributed by atoms with E-state index >= 15 is 0 Å². The molecule has 3 heterocycles. The highest BCUT2D eigenvalue weighted by atomic mass is 15.2. The largest absolute Gasteiger partial charge is 0.368 e. The van der Waals surface area contributed by atoms with E-state index < -0.39 is 0 Å². The van der Waals surface area contributed by atoms with Crippen molar-refractivity contribution in [3.63, 3.8) is 0 Å². The van der Waals surface area contributed by atoms with Crippen molar-refractivity contribution in [1.29, 1.82) is 0 Å². The summed E-state index contributed by atoms with van der Waals surface area (Å²) in [6, 6.07) is 2.04. The molecule has 0 spiro atoms. The Bertz CT molecular complexity index is 517. The summed E-state index contributed by atoms with van der Waals surface area (Å²) < 4.78 is 0. The van der Waals surface area contributed by atoms with Gasteiger partial charge in [-0.05, 0) is 31.4 Å². The first-order valence-electron chi connectivity index (χ1n) is 5.67. The van der Waals surface area contributed by atoms with E-state index in [1.165, 1.54) is 12.8 Å². The predicted molar refractivity (Wildman–Crippen MR) is 63.5 cm³/mol. The molecule has 0 amide bonds. The van der Waals surface area contributed by atoms with Gasteiger partial charge in [-0.1, -0.05) is 0 Å². The first kappa shape index (κ1) is 9.51.